The van der Waals surface area contributed by atoms with E-state index in [0.717, 1.165) is 10.6 Å². The van der Waals surface area contributed by atoms with E-state index in [2.05, 4.69) is 22.1 Å². The minimum atomic E-state index is -3.73. The van der Waals surface area contributed by atoms with E-state index in [1.54, 1.807) is 37.3 Å². The molecule has 0 bridgehead atoms. The summed E-state index contributed by atoms with van der Waals surface area (Å²) < 4.78 is 31.9. The fourth-order valence-electron chi connectivity index (χ4n) is 2.45. The molecule has 2 aromatic rings. The number of anilines is 2. The molecular formula is C17H22N4O4S3. The van der Waals surface area contributed by atoms with Gasteiger partial charge in [0.25, 0.3) is 0 Å². The Labute approximate surface area is 173 Å². The van der Waals surface area contributed by atoms with Gasteiger partial charge in [0.2, 0.25) is 21.1 Å². The molecule has 1 atom stereocenters. The molecule has 0 unspecified atom stereocenters. The van der Waals surface area contributed by atoms with Crippen LogP contribution in [0.25, 0.3) is 0 Å². The molecule has 0 aliphatic carbocycles. The summed E-state index contributed by atoms with van der Waals surface area (Å²) in [5.41, 5.74) is 0.350. The number of hydrogen-bond donors (Lipinski definition) is 1. The Balaban J connectivity index is 2.28. The van der Waals surface area contributed by atoms with Gasteiger partial charge in [0.1, 0.15) is 11.8 Å². The minimum Gasteiger partial charge on any atom is -0.497 e. The van der Waals surface area contributed by atoms with Gasteiger partial charge in [-0.1, -0.05) is 42.2 Å². The lowest BCUT2D eigenvalue weighted by molar-refractivity contribution is -0.117. The van der Waals surface area contributed by atoms with Gasteiger partial charge in [-0.25, -0.2) is 8.42 Å². The average molecular weight is 443 g/mol. The van der Waals surface area contributed by atoms with Crippen molar-refractivity contribution in [3.05, 3.63) is 36.9 Å². The third-order valence-electron chi connectivity index (χ3n) is 3.60. The molecule has 0 fully saturated rings. The van der Waals surface area contributed by atoms with Gasteiger partial charge >= 0.3 is 0 Å². The van der Waals surface area contributed by atoms with Crippen molar-refractivity contribution in [3.63, 3.8) is 0 Å². The zero-order valence-corrected chi connectivity index (χ0v) is 18.2. The fraction of sp³-hybridized carbons (Fsp3) is 0.353. The van der Waals surface area contributed by atoms with Crippen LogP contribution in [-0.2, 0) is 14.8 Å². The molecule has 1 N–H and O–H groups in total. The fourth-order valence-corrected chi connectivity index (χ4v) is 5.16. The van der Waals surface area contributed by atoms with Gasteiger partial charge in [0.15, 0.2) is 4.34 Å². The van der Waals surface area contributed by atoms with Crippen LogP contribution in [-0.4, -0.2) is 49.7 Å². The summed E-state index contributed by atoms with van der Waals surface area (Å²) in [5, 5.41) is 10.9. The largest absolute Gasteiger partial charge is 0.497 e. The number of amides is 1. The summed E-state index contributed by atoms with van der Waals surface area (Å²) in [6.45, 7) is 5.39. The van der Waals surface area contributed by atoms with Crippen molar-refractivity contribution in [1.82, 2.24) is 10.2 Å². The smallest absolute Gasteiger partial charge is 0.250 e. The number of rotatable bonds is 10. The van der Waals surface area contributed by atoms with Crippen LogP contribution < -0.4 is 14.4 Å². The average Bonchev–Trinajstić information content (AvgIpc) is 3.10. The van der Waals surface area contributed by atoms with Gasteiger partial charge in [-0.15, -0.1) is 16.8 Å². The first-order chi connectivity index (χ1) is 13.3. The van der Waals surface area contributed by atoms with Gasteiger partial charge < -0.3 is 4.74 Å². The molecule has 2 rings (SSSR count). The molecule has 152 valence electrons. The van der Waals surface area contributed by atoms with Crippen molar-refractivity contribution >= 4 is 49.8 Å². The van der Waals surface area contributed by atoms with Gasteiger partial charge in [-0.3, -0.25) is 14.4 Å². The third-order valence-corrected chi connectivity index (χ3v) is 6.75. The molecule has 1 aromatic heterocycles. The van der Waals surface area contributed by atoms with Crippen LogP contribution in [0.3, 0.4) is 0 Å². The molecule has 0 radical (unpaired) electrons. The van der Waals surface area contributed by atoms with Gasteiger partial charge in [0.05, 0.1) is 19.1 Å². The van der Waals surface area contributed by atoms with Crippen molar-refractivity contribution in [1.29, 1.82) is 0 Å². The van der Waals surface area contributed by atoms with E-state index in [0.29, 0.717) is 26.7 Å². The summed E-state index contributed by atoms with van der Waals surface area (Å²) >= 11 is 2.67. The number of methoxy groups -OCH3 is 1. The summed E-state index contributed by atoms with van der Waals surface area (Å²) in [7, 11) is -2.24. The maximum atomic E-state index is 12.9. The van der Waals surface area contributed by atoms with E-state index >= 15 is 0 Å². The van der Waals surface area contributed by atoms with Gasteiger partial charge in [0, 0.05) is 11.8 Å². The second-order valence-electron chi connectivity index (χ2n) is 5.65. The van der Waals surface area contributed by atoms with E-state index < -0.39 is 22.0 Å². The molecule has 0 aliphatic heterocycles. The molecular weight excluding hydrogens is 420 g/mol. The zero-order valence-electron chi connectivity index (χ0n) is 15.8. The molecule has 11 heteroatoms. The number of aromatic nitrogens is 2. The normalized spacial score (nSPS) is 12.2. The molecule has 8 nitrogen and oxygen atoms in total. The van der Waals surface area contributed by atoms with E-state index in [-0.39, 0.29) is 6.42 Å². The molecule has 0 saturated carbocycles. The quantitative estimate of drug-likeness (QED) is 0.343. The highest BCUT2D eigenvalue weighted by molar-refractivity contribution is 8.01. The van der Waals surface area contributed by atoms with Crippen LogP contribution in [0.1, 0.15) is 13.3 Å². The summed E-state index contributed by atoms with van der Waals surface area (Å²) in [5.74, 6) is 0.694. The summed E-state index contributed by atoms with van der Waals surface area (Å²) in [4.78, 5) is 12.9. The first-order valence-electron chi connectivity index (χ1n) is 8.31. The predicted molar refractivity (Wildman–Crippen MR) is 114 cm³/mol. The van der Waals surface area contributed by atoms with E-state index in [4.69, 9.17) is 4.74 Å². The van der Waals surface area contributed by atoms with E-state index in [1.807, 2.05) is 0 Å². The van der Waals surface area contributed by atoms with E-state index in [1.165, 1.54) is 30.2 Å². The highest BCUT2D eigenvalue weighted by Gasteiger charge is 2.32. The second kappa shape index (κ2) is 9.89. The number of hydrogen-bond acceptors (Lipinski definition) is 8. The lowest BCUT2D eigenvalue weighted by Crippen LogP contribution is -2.47. The maximum Gasteiger partial charge on any atom is 0.250 e. The van der Waals surface area contributed by atoms with Crippen LogP contribution in [0, 0.1) is 0 Å². The number of carbonyl (C=O) groups excluding carboxylic acids is 1. The van der Waals surface area contributed by atoms with Crippen LogP contribution in [0.2, 0.25) is 0 Å². The van der Waals surface area contributed by atoms with Gasteiger partial charge in [-0.05, 0) is 18.6 Å². The summed E-state index contributed by atoms with van der Waals surface area (Å²) in [6, 6.07) is 5.62. The second-order valence-corrected chi connectivity index (χ2v) is 9.75. The Morgan fingerprint density at radius 1 is 1.46 bits per heavy atom. The van der Waals surface area contributed by atoms with E-state index in [9.17, 15) is 13.2 Å². The van der Waals surface area contributed by atoms with Crippen molar-refractivity contribution in [3.8, 4) is 5.75 Å². The first-order valence-corrected chi connectivity index (χ1v) is 12.0. The number of nitrogens with zero attached hydrogens (tertiary/aromatic N) is 3. The van der Waals surface area contributed by atoms with Crippen LogP contribution in [0.4, 0.5) is 10.8 Å². The van der Waals surface area contributed by atoms with Crippen molar-refractivity contribution in [2.24, 2.45) is 0 Å². The SMILES string of the molecule is C=CCSc1nnc(NC(=O)[C@@H](CC)N(c2cccc(OC)c2)S(C)(=O)=O)s1. The predicted octanol–water partition coefficient (Wildman–Crippen LogP) is 3.01. The number of thioether (sulfide) groups is 1. The Kier molecular flexibility index (Phi) is 7.84. The van der Waals surface area contributed by atoms with Crippen molar-refractivity contribution in [2.75, 3.05) is 28.7 Å². The molecule has 0 saturated heterocycles. The standard InChI is InChI=1S/C17H22N4O4S3/c1-5-10-26-17-20-19-16(27-17)18-15(22)14(6-2)21(28(4,23)24)12-8-7-9-13(11-12)25-3/h5,7-9,11,14H,1,6,10H2,2-4H3,(H,18,19,22)/t14-/m1/s1. The molecule has 0 spiro atoms. The van der Waals surface area contributed by atoms with Gasteiger partial charge in [-0.2, -0.15) is 0 Å². The van der Waals surface area contributed by atoms with Crippen LogP contribution >= 0.6 is 23.1 Å². The molecule has 0 aliphatic rings. The number of ether oxygens (including phenoxy) is 1. The minimum absolute atomic E-state index is 0.271. The maximum absolute atomic E-state index is 12.9. The molecule has 1 aromatic carbocycles. The highest BCUT2D eigenvalue weighted by atomic mass is 32.2. The topological polar surface area (TPSA) is 101 Å². The number of nitrogens with one attached hydrogen (secondary N) is 1. The lowest BCUT2D eigenvalue weighted by Gasteiger charge is -2.29. The Morgan fingerprint density at radius 3 is 2.82 bits per heavy atom. The summed E-state index contributed by atoms with van der Waals surface area (Å²) in [6.07, 6.45) is 3.08. The van der Waals surface area contributed by atoms with Crippen LogP contribution in [0.15, 0.2) is 41.3 Å². The number of carbonyl (C=O) groups is 1. The number of sulfonamides is 1. The Bertz CT molecular complexity index is 930. The lowest BCUT2D eigenvalue weighted by atomic mass is 10.2. The Morgan fingerprint density at radius 2 is 2.21 bits per heavy atom. The van der Waals surface area contributed by atoms with Crippen molar-refractivity contribution in [2.45, 2.75) is 23.7 Å². The van der Waals surface area contributed by atoms with Crippen molar-refractivity contribution < 1.29 is 17.9 Å². The number of benzene rings is 1. The monoisotopic (exact) mass is 442 g/mol. The third kappa shape index (κ3) is 5.69. The zero-order chi connectivity index (χ0) is 20.7. The Hall–Kier alpha value is -2.11. The van der Waals surface area contributed by atoms with Crippen LogP contribution in [0.5, 0.6) is 5.75 Å². The molecule has 28 heavy (non-hydrogen) atoms. The first kappa shape index (κ1) is 22.2. The molecule has 1 heterocycles. The highest BCUT2D eigenvalue weighted by Crippen LogP contribution is 2.28. The molecule has 1 amide bonds.